The van der Waals surface area contributed by atoms with Crippen LogP contribution in [0.1, 0.15) is 59.8 Å². The molecule has 0 aliphatic rings. The van der Waals surface area contributed by atoms with Crippen LogP contribution in [0.25, 0.3) is 11.1 Å². The van der Waals surface area contributed by atoms with E-state index in [2.05, 4.69) is 80.6 Å². The topological polar surface area (TPSA) is 9.23 Å². The van der Waals surface area contributed by atoms with Gasteiger partial charge in [-0.15, -0.1) is 0 Å². The molecular formula is C26H34OS. The van der Waals surface area contributed by atoms with Crippen LogP contribution in [0.5, 0.6) is 5.75 Å². The number of unbranched alkanes of at least 4 members (excludes halogenated alkanes) is 2. The van der Waals surface area contributed by atoms with E-state index in [1.807, 2.05) is 12.1 Å². The third-order valence-electron chi connectivity index (χ3n) is 4.49. The van der Waals surface area contributed by atoms with Gasteiger partial charge in [0.05, 0.1) is 6.61 Å². The van der Waals surface area contributed by atoms with Crippen LogP contribution < -0.4 is 4.74 Å². The molecule has 0 saturated heterocycles. The van der Waals surface area contributed by atoms with E-state index in [0.717, 1.165) is 31.1 Å². The molecule has 0 N–H and O–H groups in total. The number of benzene rings is 1. The van der Waals surface area contributed by atoms with E-state index in [0.29, 0.717) is 0 Å². The Morgan fingerprint density at radius 2 is 1.96 bits per heavy atom. The fraction of sp³-hybridized carbons (Fsp3) is 0.462. The van der Waals surface area contributed by atoms with E-state index >= 15 is 0 Å². The highest BCUT2D eigenvalue weighted by Crippen LogP contribution is 2.25. The minimum Gasteiger partial charge on any atom is -0.494 e. The predicted octanol–water partition coefficient (Wildman–Crippen LogP) is 7.99. The minimum absolute atomic E-state index is 0.0866. The molecule has 0 radical (unpaired) electrons. The van der Waals surface area contributed by atoms with Gasteiger partial charge in [0.2, 0.25) is 0 Å². The Hall–Kier alpha value is -1.98. The molecule has 1 aromatic carbocycles. The maximum absolute atomic E-state index is 5.95. The van der Waals surface area contributed by atoms with Crippen molar-refractivity contribution in [2.45, 2.75) is 59.8 Å². The molecule has 0 amide bonds. The summed E-state index contributed by atoms with van der Waals surface area (Å²) in [5, 5.41) is 4.28. The molecule has 0 fully saturated rings. The Bertz CT molecular complexity index is 769. The molecule has 1 nitrogen and oxygen atoms in total. The fourth-order valence-electron chi connectivity index (χ4n) is 2.89. The second-order valence-corrected chi connectivity index (χ2v) is 9.28. The van der Waals surface area contributed by atoms with Gasteiger partial charge in [-0.3, -0.25) is 0 Å². The largest absolute Gasteiger partial charge is 0.494 e. The molecule has 2 heteroatoms. The maximum Gasteiger partial charge on any atom is 0.119 e. The summed E-state index contributed by atoms with van der Waals surface area (Å²) in [5.74, 6) is 8.07. The molecule has 1 heterocycles. The molecule has 2 rings (SSSR count). The molecule has 0 saturated carbocycles. The van der Waals surface area contributed by atoms with Crippen LogP contribution in [-0.4, -0.2) is 6.61 Å². The number of ether oxygens (including phenoxy) is 1. The van der Waals surface area contributed by atoms with Crippen molar-refractivity contribution in [1.82, 2.24) is 0 Å². The predicted molar refractivity (Wildman–Crippen MR) is 124 cm³/mol. The second kappa shape index (κ2) is 11.8. The lowest BCUT2D eigenvalue weighted by Gasteiger charge is -2.10. The van der Waals surface area contributed by atoms with Gasteiger partial charge in [0, 0.05) is 5.41 Å². The first-order valence-corrected chi connectivity index (χ1v) is 11.3. The average Bonchev–Trinajstić information content (AvgIpc) is 3.18. The standard InChI is InChI=1S/C26H34OS/c1-22(12-7-5-9-17-26(2,3)4)13-8-6-10-18-27-25-15-11-14-23(20-25)24-16-19-28-21-24/h5,7,11,14-16,19-22H,6,8,10,12-13,18H2,1-4H3/b7-5+. The zero-order valence-electron chi connectivity index (χ0n) is 17.8. The molecule has 150 valence electrons. The molecule has 1 unspecified atom stereocenters. The molecule has 28 heavy (non-hydrogen) atoms. The van der Waals surface area contributed by atoms with Crippen LogP contribution in [0.4, 0.5) is 0 Å². The van der Waals surface area contributed by atoms with Crippen molar-refractivity contribution in [2.75, 3.05) is 6.61 Å². The van der Waals surface area contributed by atoms with Crippen molar-refractivity contribution >= 4 is 11.3 Å². The molecule has 1 aromatic heterocycles. The number of hydrogen-bond acceptors (Lipinski definition) is 2. The van der Waals surface area contributed by atoms with Crippen molar-refractivity contribution in [1.29, 1.82) is 0 Å². The Morgan fingerprint density at radius 3 is 2.71 bits per heavy atom. The molecule has 0 bridgehead atoms. The monoisotopic (exact) mass is 394 g/mol. The van der Waals surface area contributed by atoms with E-state index < -0.39 is 0 Å². The Kier molecular flexibility index (Phi) is 9.38. The zero-order valence-corrected chi connectivity index (χ0v) is 18.6. The summed E-state index contributed by atoms with van der Waals surface area (Å²) < 4.78 is 5.95. The van der Waals surface area contributed by atoms with Crippen LogP contribution in [0.3, 0.4) is 0 Å². The van der Waals surface area contributed by atoms with Crippen molar-refractivity contribution in [3.8, 4) is 28.7 Å². The van der Waals surface area contributed by atoms with E-state index in [9.17, 15) is 0 Å². The summed E-state index contributed by atoms with van der Waals surface area (Å²) in [6, 6.07) is 10.5. The molecule has 1 atom stereocenters. The van der Waals surface area contributed by atoms with Gasteiger partial charge < -0.3 is 4.74 Å². The molecule has 0 spiro atoms. The molecule has 0 aliphatic heterocycles. The van der Waals surface area contributed by atoms with E-state index in [1.165, 1.54) is 30.4 Å². The minimum atomic E-state index is 0.0866. The third kappa shape index (κ3) is 9.29. The number of rotatable bonds is 10. The number of thiophene rings is 1. The van der Waals surface area contributed by atoms with Crippen molar-refractivity contribution in [2.24, 2.45) is 11.3 Å². The summed E-state index contributed by atoms with van der Waals surface area (Å²) >= 11 is 1.73. The van der Waals surface area contributed by atoms with Crippen LogP contribution in [0.2, 0.25) is 0 Å². The average molecular weight is 395 g/mol. The quantitative estimate of drug-likeness (QED) is 0.293. The molecule has 0 aliphatic carbocycles. The van der Waals surface area contributed by atoms with Gasteiger partial charge in [0.25, 0.3) is 0 Å². The van der Waals surface area contributed by atoms with Gasteiger partial charge in [0.1, 0.15) is 5.75 Å². The fourth-order valence-corrected chi connectivity index (χ4v) is 3.56. The van der Waals surface area contributed by atoms with E-state index in [1.54, 1.807) is 11.3 Å². The van der Waals surface area contributed by atoms with Crippen LogP contribution in [0, 0.1) is 23.2 Å². The first-order valence-electron chi connectivity index (χ1n) is 10.4. The Balaban J connectivity index is 1.57. The van der Waals surface area contributed by atoms with E-state index in [4.69, 9.17) is 4.74 Å². The SMILES string of the molecule is CC(C/C=C/C#CC(C)(C)C)CCCCCOc1cccc(-c2ccsc2)c1. The first kappa shape index (κ1) is 22.3. The highest BCUT2D eigenvalue weighted by atomic mass is 32.1. The summed E-state index contributed by atoms with van der Waals surface area (Å²) in [5.41, 5.74) is 2.58. The lowest BCUT2D eigenvalue weighted by atomic mass is 9.98. The van der Waals surface area contributed by atoms with Crippen molar-refractivity contribution < 1.29 is 4.74 Å². The lowest BCUT2D eigenvalue weighted by molar-refractivity contribution is 0.302. The Labute approximate surface area is 175 Å². The van der Waals surface area contributed by atoms with E-state index in [-0.39, 0.29) is 5.41 Å². The van der Waals surface area contributed by atoms with Gasteiger partial charge in [-0.05, 0) is 85.7 Å². The van der Waals surface area contributed by atoms with Crippen molar-refractivity contribution in [3.05, 3.63) is 53.2 Å². The summed E-state index contributed by atoms with van der Waals surface area (Å²) in [6.07, 6.45) is 10.2. The van der Waals surface area contributed by atoms with Gasteiger partial charge in [-0.1, -0.05) is 56.2 Å². The molecule has 2 aromatic rings. The Morgan fingerprint density at radius 1 is 1.11 bits per heavy atom. The van der Waals surface area contributed by atoms with Gasteiger partial charge in [-0.2, -0.15) is 11.3 Å². The van der Waals surface area contributed by atoms with Crippen LogP contribution in [-0.2, 0) is 0 Å². The lowest BCUT2D eigenvalue weighted by Crippen LogP contribution is -1.99. The first-order chi connectivity index (χ1) is 13.4. The highest BCUT2D eigenvalue weighted by molar-refractivity contribution is 7.08. The zero-order chi connectivity index (χ0) is 20.2. The molecular weight excluding hydrogens is 360 g/mol. The summed E-state index contributed by atoms with van der Waals surface area (Å²) in [6.45, 7) is 9.54. The van der Waals surface area contributed by atoms with Gasteiger partial charge >= 0.3 is 0 Å². The number of allylic oxidation sites excluding steroid dienone is 2. The second-order valence-electron chi connectivity index (χ2n) is 8.50. The van der Waals surface area contributed by atoms with Crippen LogP contribution >= 0.6 is 11.3 Å². The normalized spacial score (nSPS) is 12.6. The highest BCUT2D eigenvalue weighted by Gasteiger charge is 2.03. The number of hydrogen-bond donors (Lipinski definition) is 0. The smallest absolute Gasteiger partial charge is 0.119 e. The maximum atomic E-state index is 5.95. The van der Waals surface area contributed by atoms with Gasteiger partial charge in [-0.25, -0.2) is 0 Å². The van der Waals surface area contributed by atoms with Gasteiger partial charge in [0.15, 0.2) is 0 Å². The summed E-state index contributed by atoms with van der Waals surface area (Å²) in [4.78, 5) is 0. The third-order valence-corrected chi connectivity index (χ3v) is 5.17. The van der Waals surface area contributed by atoms with Crippen LogP contribution in [0.15, 0.2) is 53.2 Å². The summed E-state index contributed by atoms with van der Waals surface area (Å²) in [7, 11) is 0. The van der Waals surface area contributed by atoms with Crippen molar-refractivity contribution in [3.63, 3.8) is 0 Å².